The second-order valence-corrected chi connectivity index (χ2v) is 4.35. The Hall–Kier alpha value is -0.790. The summed E-state index contributed by atoms with van der Waals surface area (Å²) in [5.74, 6) is 0. The van der Waals surface area contributed by atoms with Crippen molar-refractivity contribution < 1.29 is 26.1 Å². The lowest BCUT2D eigenvalue weighted by Gasteiger charge is -2.11. The van der Waals surface area contributed by atoms with Crippen molar-refractivity contribution in [2.45, 2.75) is 11.1 Å². The van der Waals surface area contributed by atoms with Crippen LogP contribution >= 0.6 is 11.6 Å². The molecule has 0 aliphatic rings. The van der Waals surface area contributed by atoms with Gasteiger partial charge in [-0.15, -0.1) is 0 Å². The van der Waals surface area contributed by atoms with Crippen molar-refractivity contribution in [1.29, 1.82) is 0 Å². The zero-order valence-corrected chi connectivity index (χ0v) is 8.49. The summed E-state index contributed by atoms with van der Waals surface area (Å²) in [6.45, 7) is 0. The third-order valence-electron chi connectivity index (χ3n) is 1.53. The summed E-state index contributed by atoms with van der Waals surface area (Å²) in [6.07, 6.45) is -4.89. The Labute approximate surface area is 88.2 Å². The van der Waals surface area contributed by atoms with Crippen LogP contribution in [0, 0.1) is 0 Å². The Balaban J connectivity index is 3.63. The first-order chi connectivity index (χ1) is 6.64. The summed E-state index contributed by atoms with van der Waals surface area (Å²) in [7, 11) is -5.00. The van der Waals surface area contributed by atoms with Crippen LogP contribution in [-0.2, 0) is 16.3 Å². The van der Waals surface area contributed by atoms with Crippen molar-refractivity contribution in [2.75, 3.05) is 0 Å². The normalized spacial score (nSPS) is 12.9. The molecule has 0 aromatic heterocycles. The monoisotopic (exact) mass is 260 g/mol. The number of alkyl halides is 3. The Morgan fingerprint density at radius 3 is 2.13 bits per heavy atom. The van der Waals surface area contributed by atoms with Crippen molar-refractivity contribution in [2.24, 2.45) is 0 Å². The van der Waals surface area contributed by atoms with E-state index in [0.29, 0.717) is 6.07 Å². The molecule has 84 valence electrons. The fraction of sp³-hybridized carbons (Fsp3) is 0.143. The van der Waals surface area contributed by atoms with Crippen molar-refractivity contribution >= 4 is 21.7 Å². The molecular weight excluding hydrogens is 257 g/mol. The predicted molar refractivity (Wildman–Crippen MR) is 46.3 cm³/mol. The molecule has 15 heavy (non-hydrogen) atoms. The predicted octanol–water partition coefficient (Wildman–Crippen LogP) is 2.61. The first-order valence-electron chi connectivity index (χ1n) is 3.47. The highest BCUT2D eigenvalue weighted by Gasteiger charge is 2.37. The average Bonchev–Trinajstić information content (AvgIpc) is 1.99. The number of hydrogen-bond acceptors (Lipinski definition) is 2. The van der Waals surface area contributed by atoms with Gasteiger partial charge in [-0.25, -0.2) is 0 Å². The molecule has 0 saturated carbocycles. The van der Waals surface area contributed by atoms with E-state index in [-0.39, 0.29) is 0 Å². The van der Waals surface area contributed by atoms with Gasteiger partial charge in [0.05, 0.1) is 10.6 Å². The first-order valence-corrected chi connectivity index (χ1v) is 5.29. The van der Waals surface area contributed by atoms with E-state index in [1.54, 1.807) is 0 Å². The molecular formula is C7H4ClF3O3S. The van der Waals surface area contributed by atoms with Crippen molar-refractivity contribution in [3.63, 3.8) is 0 Å². The quantitative estimate of drug-likeness (QED) is 0.790. The third-order valence-corrected chi connectivity index (χ3v) is 2.91. The largest absolute Gasteiger partial charge is 0.417 e. The van der Waals surface area contributed by atoms with Gasteiger partial charge in [0.25, 0.3) is 10.1 Å². The van der Waals surface area contributed by atoms with Gasteiger partial charge in [-0.2, -0.15) is 21.6 Å². The van der Waals surface area contributed by atoms with Crippen LogP contribution in [0.5, 0.6) is 0 Å². The summed E-state index contributed by atoms with van der Waals surface area (Å²) in [4.78, 5) is -1.32. The minimum absolute atomic E-state index is 0.523. The lowest BCUT2D eigenvalue weighted by Crippen LogP contribution is -2.13. The van der Waals surface area contributed by atoms with Gasteiger partial charge < -0.3 is 0 Å². The maximum atomic E-state index is 12.3. The molecule has 0 unspecified atom stereocenters. The Morgan fingerprint density at radius 2 is 1.80 bits per heavy atom. The van der Waals surface area contributed by atoms with Crippen LogP contribution in [0.25, 0.3) is 0 Å². The molecule has 0 spiro atoms. The van der Waals surface area contributed by atoms with Gasteiger partial charge in [0.15, 0.2) is 0 Å². The highest BCUT2D eigenvalue weighted by molar-refractivity contribution is 7.86. The molecule has 3 nitrogen and oxygen atoms in total. The Kier molecular flexibility index (Phi) is 2.99. The van der Waals surface area contributed by atoms with Crippen molar-refractivity contribution in [1.82, 2.24) is 0 Å². The number of halogens is 4. The SMILES string of the molecule is O=S(=O)(O)c1c(Cl)cccc1C(F)(F)F. The zero-order valence-electron chi connectivity index (χ0n) is 6.92. The van der Waals surface area contributed by atoms with Crippen LogP contribution < -0.4 is 0 Å². The average molecular weight is 261 g/mol. The van der Waals surface area contributed by atoms with Crippen LogP contribution in [-0.4, -0.2) is 13.0 Å². The molecule has 0 fully saturated rings. The second kappa shape index (κ2) is 3.66. The molecule has 0 radical (unpaired) electrons. The standard InChI is InChI=1S/C7H4ClF3O3S/c8-5-3-1-2-4(7(9,10)11)6(5)15(12,13)14/h1-3H,(H,12,13,14). The minimum Gasteiger partial charge on any atom is -0.282 e. The van der Waals surface area contributed by atoms with Crippen LogP contribution in [0.3, 0.4) is 0 Å². The van der Waals surface area contributed by atoms with E-state index in [2.05, 4.69) is 0 Å². The molecule has 0 heterocycles. The highest BCUT2D eigenvalue weighted by Crippen LogP contribution is 2.37. The summed E-state index contributed by atoms with van der Waals surface area (Å²) in [6, 6.07) is 2.41. The van der Waals surface area contributed by atoms with E-state index in [1.165, 1.54) is 0 Å². The molecule has 0 atom stereocenters. The van der Waals surface area contributed by atoms with Gasteiger partial charge in [-0.3, -0.25) is 4.55 Å². The van der Waals surface area contributed by atoms with Gasteiger partial charge in [0.1, 0.15) is 4.90 Å². The van der Waals surface area contributed by atoms with Gasteiger partial charge in [0.2, 0.25) is 0 Å². The Bertz CT molecular complexity index is 481. The van der Waals surface area contributed by atoms with Crippen LogP contribution in [0.2, 0.25) is 5.02 Å². The first kappa shape index (κ1) is 12.3. The molecule has 1 rings (SSSR count). The fourth-order valence-electron chi connectivity index (χ4n) is 0.994. The molecule has 1 aromatic carbocycles. The maximum Gasteiger partial charge on any atom is 0.417 e. The molecule has 0 aliphatic heterocycles. The summed E-state index contributed by atoms with van der Waals surface area (Å²) < 4.78 is 67.0. The van der Waals surface area contributed by atoms with Gasteiger partial charge in [0, 0.05) is 0 Å². The number of hydrogen-bond donors (Lipinski definition) is 1. The lowest BCUT2D eigenvalue weighted by atomic mass is 10.2. The van der Waals surface area contributed by atoms with Crippen LogP contribution in [0.4, 0.5) is 13.2 Å². The van der Waals surface area contributed by atoms with Gasteiger partial charge >= 0.3 is 6.18 Å². The third kappa shape index (κ3) is 2.61. The molecule has 0 aliphatic carbocycles. The molecule has 0 saturated heterocycles. The second-order valence-electron chi connectivity index (χ2n) is 2.59. The van der Waals surface area contributed by atoms with E-state index in [1.807, 2.05) is 0 Å². The molecule has 1 aromatic rings. The summed E-state index contributed by atoms with van der Waals surface area (Å²) in [5, 5.41) is -0.674. The van der Waals surface area contributed by atoms with Crippen LogP contribution in [0.1, 0.15) is 5.56 Å². The molecule has 1 N–H and O–H groups in total. The van der Waals surface area contributed by atoms with Gasteiger partial charge in [-0.1, -0.05) is 17.7 Å². The topological polar surface area (TPSA) is 54.4 Å². The molecule has 8 heteroatoms. The van der Waals surface area contributed by atoms with Crippen LogP contribution in [0.15, 0.2) is 23.1 Å². The van der Waals surface area contributed by atoms with E-state index in [9.17, 15) is 21.6 Å². The smallest absolute Gasteiger partial charge is 0.282 e. The van der Waals surface area contributed by atoms with Crippen molar-refractivity contribution in [3.05, 3.63) is 28.8 Å². The summed E-state index contributed by atoms with van der Waals surface area (Å²) >= 11 is 5.28. The zero-order chi connectivity index (χ0) is 11.9. The van der Waals surface area contributed by atoms with Gasteiger partial charge in [-0.05, 0) is 12.1 Å². The van der Waals surface area contributed by atoms with E-state index >= 15 is 0 Å². The fourth-order valence-corrected chi connectivity index (χ4v) is 2.24. The highest BCUT2D eigenvalue weighted by atomic mass is 35.5. The maximum absolute atomic E-state index is 12.3. The van der Waals surface area contributed by atoms with Crippen molar-refractivity contribution in [3.8, 4) is 0 Å². The van der Waals surface area contributed by atoms with E-state index < -0.39 is 31.8 Å². The number of rotatable bonds is 1. The number of benzene rings is 1. The minimum atomic E-state index is -5.00. The molecule has 0 bridgehead atoms. The molecule has 0 amide bonds. The van der Waals surface area contributed by atoms with E-state index in [4.69, 9.17) is 16.2 Å². The Morgan fingerprint density at radius 1 is 1.27 bits per heavy atom. The van der Waals surface area contributed by atoms with E-state index in [0.717, 1.165) is 12.1 Å². The summed E-state index contributed by atoms with van der Waals surface area (Å²) in [5.41, 5.74) is -1.49. The lowest BCUT2D eigenvalue weighted by molar-refractivity contribution is -0.140.